The smallest absolute Gasteiger partial charge is 0.599 e. The normalized spacial score (nSPS) is 13.0. The lowest BCUT2D eigenvalue weighted by molar-refractivity contribution is 0.443. The number of hydrogen-bond acceptors (Lipinski definition) is 4. The molecular weight excluding hydrogens is 411 g/mol. The second-order valence-corrected chi connectivity index (χ2v) is 9.60. The van der Waals surface area contributed by atoms with E-state index in [-0.39, 0.29) is 0 Å². The summed E-state index contributed by atoms with van der Waals surface area (Å²) >= 11 is -2.55. The first kappa shape index (κ1) is 20.7. The van der Waals surface area contributed by atoms with Crippen LogP contribution in [0, 0.1) is 27.7 Å². The van der Waals surface area contributed by atoms with Crippen LogP contribution in [0.25, 0.3) is 0 Å². The number of para-hydroxylation sites is 2. The highest BCUT2D eigenvalue weighted by molar-refractivity contribution is 7.00. The van der Waals surface area contributed by atoms with Crippen molar-refractivity contribution in [2.45, 2.75) is 27.7 Å². The fourth-order valence-electron chi connectivity index (χ4n) is 3.66. The van der Waals surface area contributed by atoms with E-state index in [0.29, 0.717) is 11.5 Å². The summed E-state index contributed by atoms with van der Waals surface area (Å²) in [5.74, 6) is 1.42. The first-order valence-corrected chi connectivity index (χ1v) is 12.5. The second kappa shape index (κ2) is 8.65. The van der Waals surface area contributed by atoms with Crippen LogP contribution in [0.2, 0.25) is 0 Å². The predicted octanol–water partition coefficient (Wildman–Crippen LogP) is 6.42. The van der Waals surface area contributed by atoms with E-state index in [4.69, 9.17) is 27.6 Å². The Morgan fingerprint density at radius 2 is 1.13 bits per heavy atom. The van der Waals surface area contributed by atoms with E-state index >= 15 is 0 Å². The molecule has 0 N–H and O–H groups in total. The van der Waals surface area contributed by atoms with E-state index < -0.39 is 13.9 Å². The maximum Gasteiger partial charge on any atom is 0.999 e. The Kier molecular flexibility index (Phi) is 5.97. The Balaban J connectivity index is 1.92. The van der Waals surface area contributed by atoms with Crippen molar-refractivity contribution in [1.29, 1.82) is 0 Å². The van der Waals surface area contributed by atoms with Crippen LogP contribution >= 0.6 is 10.0 Å². The average molecular weight is 433 g/mol. The zero-order chi connectivity index (χ0) is 21.3. The SMILES string of the molecule is Cc1cc(C)c2c(c1)C=Nc1ccccc1N=Cc1cc(C)cc(C)c1[O][Al]([Cl])[O]2. The van der Waals surface area contributed by atoms with Crippen molar-refractivity contribution < 1.29 is 7.58 Å². The van der Waals surface area contributed by atoms with Gasteiger partial charge in [-0.05, 0) is 74.2 Å². The lowest BCUT2D eigenvalue weighted by atomic mass is 10.1. The fourth-order valence-corrected chi connectivity index (χ4v) is 5.26. The Morgan fingerprint density at radius 1 is 0.700 bits per heavy atom. The van der Waals surface area contributed by atoms with Crippen LogP contribution in [-0.2, 0) is 0 Å². The van der Waals surface area contributed by atoms with Crippen molar-refractivity contribution in [1.82, 2.24) is 0 Å². The van der Waals surface area contributed by atoms with Crippen LogP contribution in [0.1, 0.15) is 33.4 Å². The molecule has 0 spiro atoms. The fraction of sp³-hybridized carbons (Fsp3) is 0.167. The summed E-state index contributed by atoms with van der Waals surface area (Å²) in [5, 5.41) is 0. The molecule has 1 heterocycles. The van der Waals surface area contributed by atoms with Gasteiger partial charge in [-0.1, -0.05) is 24.3 Å². The number of aliphatic imine (C=N–C) groups is 2. The number of aryl methyl sites for hydroxylation is 4. The number of halogens is 1. The first-order valence-electron chi connectivity index (χ1n) is 9.78. The van der Waals surface area contributed by atoms with Gasteiger partial charge in [-0.25, -0.2) is 0 Å². The quantitative estimate of drug-likeness (QED) is 0.385. The molecule has 0 aromatic heterocycles. The molecule has 0 radical (unpaired) electrons. The van der Waals surface area contributed by atoms with E-state index in [2.05, 4.69) is 26.0 Å². The van der Waals surface area contributed by atoms with Crippen molar-refractivity contribution in [3.8, 4) is 11.5 Å². The maximum atomic E-state index is 6.63. The van der Waals surface area contributed by atoms with E-state index in [0.717, 1.165) is 44.8 Å². The molecule has 0 fully saturated rings. The van der Waals surface area contributed by atoms with Crippen LogP contribution in [0.5, 0.6) is 11.5 Å². The van der Waals surface area contributed by atoms with Gasteiger partial charge in [0.05, 0.1) is 22.9 Å². The molecule has 3 aromatic rings. The van der Waals surface area contributed by atoms with Gasteiger partial charge in [0, 0.05) is 23.6 Å². The van der Waals surface area contributed by atoms with Gasteiger partial charge in [-0.15, -0.1) is 0 Å². The number of rotatable bonds is 0. The first-order chi connectivity index (χ1) is 14.4. The van der Waals surface area contributed by atoms with Gasteiger partial charge < -0.3 is 7.58 Å². The molecule has 30 heavy (non-hydrogen) atoms. The van der Waals surface area contributed by atoms with Crippen LogP contribution in [0.4, 0.5) is 11.4 Å². The lowest BCUT2D eigenvalue weighted by Gasteiger charge is -2.19. The summed E-state index contributed by atoms with van der Waals surface area (Å²) in [5.41, 5.74) is 7.55. The summed E-state index contributed by atoms with van der Waals surface area (Å²) in [6.07, 6.45) is 3.62. The summed E-state index contributed by atoms with van der Waals surface area (Å²) in [4.78, 5) is 9.41. The van der Waals surface area contributed by atoms with Gasteiger partial charge in [0.2, 0.25) is 0 Å². The van der Waals surface area contributed by atoms with Crippen molar-refractivity contribution in [2.24, 2.45) is 9.98 Å². The summed E-state index contributed by atoms with van der Waals surface area (Å²) in [6.45, 7) is 8.12. The Morgan fingerprint density at radius 3 is 1.57 bits per heavy atom. The molecule has 4 nitrogen and oxygen atoms in total. The minimum atomic E-state index is -2.55. The highest BCUT2D eigenvalue weighted by Crippen LogP contribution is 2.32. The largest absolute Gasteiger partial charge is 0.999 e. The second-order valence-electron chi connectivity index (χ2n) is 7.52. The summed E-state index contributed by atoms with van der Waals surface area (Å²) in [6, 6.07) is 16.0. The Hall–Kier alpha value is -2.58. The topological polar surface area (TPSA) is 43.2 Å². The third-order valence-corrected chi connectivity index (χ3v) is 6.26. The third-order valence-electron chi connectivity index (χ3n) is 4.88. The zero-order valence-corrected chi connectivity index (χ0v) is 19.4. The van der Waals surface area contributed by atoms with Gasteiger partial charge in [-0.2, -0.15) is 10.0 Å². The molecular formula is C24H22AlClN2O2. The van der Waals surface area contributed by atoms with Gasteiger partial charge in [-0.3, -0.25) is 9.98 Å². The number of hydrogen-bond donors (Lipinski definition) is 0. The van der Waals surface area contributed by atoms with E-state index in [1.54, 1.807) is 0 Å². The summed E-state index contributed by atoms with van der Waals surface area (Å²) in [7, 11) is 6.63. The molecule has 0 saturated heterocycles. The number of nitrogens with zero attached hydrogens (tertiary/aromatic N) is 2. The zero-order valence-electron chi connectivity index (χ0n) is 17.4. The lowest BCUT2D eigenvalue weighted by Crippen LogP contribution is -2.25. The van der Waals surface area contributed by atoms with Gasteiger partial charge in [0.25, 0.3) is 0 Å². The van der Waals surface area contributed by atoms with Crippen LogP contribution in [0.3, 0.4) is 0 Å². The van der Waals surface area contributed by atoms with Crippen LogP contribution < -0.4 is 7.58 Å². The van der Waals surface area contributed by atoms with Crippen LogP contribution in [-0.4, -0.2) is 26.3 Å². The van der Waals surface area contributed by atoms with Crippen molar-refractivity contribution in [3.05, 3.63) is 81.9 Å². The molecule has 4 rings (SSSR count). The molecule has 0 amide bonds. The monoisotopic (exact) mass is 432 g/mol. The van der Waals surface area contributed by atoms with E-state index in [9.17, 15) is 0 Å². The minimum absolute atomic E-state index is 0.708. The average Bonchev–Trinajstić information content (AvgIpc) is 2.70. The highest BCUT2D eigenvalue weighted by Gasteiger charge is 2.34. The molecule has 3 aromatic carbocycles. The Labute approximate surface area is 186 Å². The minimum Gasteiger partial charge on any atom is -0.599 e. The number of fused-ring (bicyclic) bond motifs is 3. The Bertz CT molecular complexity index is 1080. The standard InChI is InChI=1S/C24H24N2O2.Al.ClH/c1-15-9-17(3)23(27)19(11-15)13-25-21-7-5-6-8-22(21)26-14-20-12-16(2)10-18(4)24(20)28;;/h5-14,27-28H,1-4H3;;1H/q;+3;/p-3. The third kappa shape index (κ3) is 4.44. The van der Waals surface area contributed by atoms with E-state index in [1.165, 1.54) is 0 Å². The van der Waals surface area contributed by atoms with Gasteiger partial charge >= 0.3 is 13.9 Å². The molecule has 1 aliphatic rings. The molecule has 0 unspecified atom stereocenters. The van der Waals surface area contributed by atoms with Crippen molar-refractivity contribution in [2.75, 3.05) is 0 Å². The van der Waals surface area contributed by atoms with Gasteiger partial charge in [0.1, 0.15) is 0 Å². The molecule has 0 saturated carbocycles. The molecule has 150 valence electrons. The van der Waals surface area contributed by atoms with Gasteiger partial charge in [0.15, 0.2) is 0 Å². The van der Waals surface area contributed by atoms with Crippen molar-refractivity contribution >= 4 is 47.7 Å². The number of benzene rings is 3. The maximum absolute atomic E-state index is 6.63. The highest BCUT2D eigenvalue weighted by atomic mass is 35.6. The molecule has 0 aliphatic carbocycles. The summed E-state index contributed by atoms with van der Waals surface area (Å²) < 4.78 is 12.3. The molecule has 0 bridgehead atoms. The molecule has 1 aliphatic heterocycles. The van der Waals surface area contributed by atoms with Crippen LogP contribution in [0.15, 0.2) is 58.5 Å². The molecule has 0 atom stereocenters. The predicted molar refractivity (Wildman–Crippen MR) is 126 cm³/mol. The van der Waals surface area contributed by atoms with E-state index in [1.807, 2.05) is 62.7 Å². The molecule has 6 heteroatoms. The van der Waals surface area contributed by atoms with Crippen molar-refractivity contribution in [3.63, 3.8) is 0 Å².